The van der Waals surface area contributed by atoms with Crippen LogP contribution < -0.4 is 4.90 Å². The Balaban J connectivity index is 1.25. The number of aromatic nitrogens is 3. The normalized spacial score (nSPS) is 25.9. The van der Waals surface area contributed by atoms with Gasteiger partial charge in [0.15, 0.2) is 5.82 Å². The number of rotatable bonds is 2. The Hall–Kier alpha value is -3.93. The lowest BCUT2D eigenvalue weighted by molar-refractivity contribution is -0.123. The average molecular weight is 418 g/mol. The van der Waals surface area contributed by atoms with Crippen LogP contribution in [0.15, 0.2) is 73.1 Å². The third-order valence-corrected chi connectivity index (χ3v) is 7.18. The van der Waals surface area contributed by atoms with E-state index in [1.807, 2.05) is 48.5 Å². The molecule has 1 saturated carbocycles. The first-order valence-corrected chi connectivity index (χ1v) is 10.9. The quantitative estimate of drug-likeness (QED) is 0.278. The van der Waals surface area contributed by atoms with Crippen molar-refractivity contribution in [2.45, 2.75) is 6.42 Å². The third-order valence-electron chi connectivity index (χ3n) is 7.18. The van der Waals surface area contributed by atoms with Gasteiger partial charge in [0, 0.05) is 28.7 Å². The fourth-order valence-corrected chi connectivity index (χ4v) is 5.69. The van der Waals surface area contributed by atoms with Crippen molar-refractivity contribution in [2.75, 3.05) is 4.90 Å². The van der Waals surface area contributed by atoms with Crippen LogP contribution in [0.5, 0.6) is 0 Å². The number of carbonyl (C=O) groups is 2. The Morgan fingerprint density at radius 2 is 1.50 bits per heavy atom. The number of imide groups is 1. The predicted molar refractivity (Wildman–Crippen MR) is 120 cm³/mol. The van der Waals surface area contributed by atoms with E-state index in [4.69, 9.17) is 4.98 Å². The van der Waals surface area contributed by atoms with E-state index in [2.05, 4.69) is 22.1 Å². The van der Waals surface area contributed by atoms with E-state index in [0.29, 0.717) is 11.5 Å². The van der Waals surface area contributed by atoms with Crippen molar-refractivity contribution in [3.8, 4) is 11.4 Å². The van der Waals surface area contributed by atoms with Gasteiger partial charge in [0.05, 0.1) is 23.0 Å². The Morgan fingerprint density at radius 3 is 2.25 bits per heavy atom. The van der Waals surface area contributed by atoms with E-state index in [1.54, 1.807) is 12.4 Å². The molecule has 2 aliphatic carbocycles. The van der Waals surface area contributed by atoms with Crippen LogP contribution in [0.4, 0.5) is 5.69 Å². The smallest absolute Gasteiger partial charge is 0.238 e. The van der Waals surface area contributed by atoms with Gasteiger partial charge in [0.2, 0.25) is 11.8 Å². The molecule has 3 heterocycles. The molecule has 2 bridgehead atoms. The van der Waals surface area contributed by atoms with Crippen molar-refractivity contribution in [1.82, 2.24) is 15.0 Å². The number of hydrogen-bond donors (Lipinski definition) is 0. The molecule has 2 aromatic carbocycles. The number of anilines is 1. The Labute approximate surface area is 183 Å². The summed E-state index contributed by atoms with van der Waals surface area (Å²) in [5.41, 5.74) is 3.08. The molecule has 2 amide bonds. The number of benzene rings is 2. The number of amides is 2. The molecular weight excluding hydrogens is 400 g/mol. The van der Waals surface area contributed by atoms with Crippen molar-refractivity contribution < 1.29 is 9.59 Å². The summed E-state index contributed by atoms with van der Waals surface area (Å²) >= 11 is 0. The van der Waals surface area contributed by atoms with Crippen molar-refractivity contribution in [3.63, 3.8) is 0 Å². The largest absolute Gasteiger partial charge is 0.274 e. The number of hydrogen-bond acceptors (Lipinski definition) is 5. The summed E-state index contributed by atoms with van der Waals surface area (Å²) in [6.07, 6.45) is 8.72. The van der Waals surface area contributed by atoms with Gasteiger partial charge in [-0.25, -0.2) is 9.97 Å². The van der Waals surface area contributed by atoms with Crippen molar-refractivity contribution in [3.05, 3.63) is 73.1 Å². The van der Waals surface area contributed by atoms with Gasteiger partial charge in [0.25, 0.3) is 0 Å². The maximum atomic E-state index is 13.1. The average Bonchev–Trinajstić information content (AvgIpc) is 3.52. The van der Waals surface area contributed by atoms with E-state index < -0.39 is 0 Å². The fourth-order valence-electron chi connectivity index (χ4n) is 5.69. The molecule has 6 heteroatoms. The van der Waals surface area contributed by atoms with Gasteiger partial charge in [-0.15, -0.1) is 0 Å². The number of allylic oxidation sites excluding steroid dienone is 2. The van der Waals surface area contributed by atoms with E-state index in [-0.39, 0.29) is 35.5 Å². The Morgan fingerprint density at radius 1 is 0.781 bits per heavy atom. The molecule has 4 aromatic rings. The maximum absolute atomic E-state index is 13.1. The van der Waals surface area contributed by atoms with Gasteiger partial charge in [-0.2, -0.15) is 0 Å². The first-order chi connectivity index (χ1) is 15.7. The van der Waals surface area contributed by atoms with Gasteiger partial charge in [-0.05, 0) is 48.6 Å². The SMILES string of the molecule is O=C1[C@@H]2[C@H](C(=O)N1c1ccc(-c3ncc4ccc5cccnc5c4n3)cc1)[C@@H]1C=C[C@@H]2C1. The second-order valence-electron chi connectivity index (χ2n) is 8.83. The summed E-state index contributed by atoms with van der Waals surface area (Å²) in [6, 6.07) is 15.3. The highest BCUT2D eigenvalue weighted by atomic mass is 16.2. The Kier molecular flexibility index (Phi) is 3.48. The molecule has 3 aliphatic rings. The van der Waals surface area contributed by atoms with Gasteiger partial charge >= 0.3 is 0 Å². The molecule has 154 valence electrons. The maximum Gasteiger partial charge on any atom is 0.238 e. The Bertz CT molecular complexity index is 1450. The van der Waals surface area contributed by atoms with Crippen molar-refractivity contribution in [1.29, 1.82) is 0 Å². The molecule has 2 aromatic heterocycles. The molecule has 0 unspecified atom stereocenters. The summed E-state index contributed by atoms with van der Waals surface area (Å²) in [5, 5.41) is 1.96. The van der Waals surface area contributed by atoms with Crippen LogP contribution in [0.25, 0.3) is 33.2 Å². The van der Waals surface area contributed by atoms with E-state index in [0.717, 1.165) is 33.8 Å². The van der Waals surface area contributed by atoms with Crippen LogP contribution in [0.1, 0.15) is 6.42 Å². The van der Waals surface area contributed by atoms with Crippen LogP contribution in [0.2, 0.25) is 0 Å². The first kappa shape index (κ1) is 17.7. The van der Waals surface area contributed by atoms with E-state index >= 15 is 0 Å². The lowest BCUT2D eigenvalue weighted by Crippen LogP contribution is -2.32. The van der Waals surface area contributed by atoms with Gasteiger partial charge in [-0.3, -0.25) is 19.5 Å². The lowest BCUT2D eigenvalue weighted by Gasteiger charge is -2.17. The molecular formula is C26H18N4O2. The molecule has 6 nitrogen and oxygen atoms in total. The third kappa shape index (κ3) is 2.32. The topological polar surface area (TPSA) is 76.1 Å². The molecule has 32 heavy (non-hydrogen) atoms. The first-order valence-electron chi connectivity index (χ1n) is 10.9. The van der Waals surface area contributed by atoms with Crippen LogP contribution in [-0.4, -0.2) is 26.8 Å². The molecule has 7 rings (SSSR count). The summed E-state index contributed by atoms with van der Waals surface area (Å²) in [5.74, 6) is 0.484. The minimum Gasteiger partial charge on any atom is -0.274 e. The predicted octanol–water partition coefficient (Wildman–Crippen LogP) is 4.16. The van der Waals surface area contributed by atoms with Crippen LogP contribution in [0.3, 0.4) is 0 Å². The van der Waals surface area contributed by atoms with Crippen molar-refractivity contribution in [2.24, 2.45) is 23.7 Å². The van der Waals surface area contributed by atoms with Gasteiger partial charge < -0.3 is 0 Å². The zero-order valence-electron chi connectivity index (χ0n) is 17.1. The zero-order valence-corrected chi connectivity index (χ0v) is 17.1. The number of carbonyl (C=O) groups excluding carboxylic acids is 2. The summed E-state index contributed by atoms with van der Waals surface area (Å²) in [4.78, 5) is 41.3. The minimum absolute atomic E-state index is 0.0656. The zero-order chi connectivity index (χ0) is 21.4. The van der Waals surface area contributed by atoms with E-state index in [9.17, 15) is 9.59 Å². The molecule has 0 N–H and O–H groups in total. The molecule has 0 radical (unpaired) electrons. The molecule has 0 spiro atoms. The second kappa shape index (κ2) is 6.29. The monoisotopic (exact) mass is 418 g/mol. The van der Waals surface area contributed by atoms with Crippen LogP contribution >= 0.6 is 0 Å². The minimum atomic E-state index is -0.193. The molecule has 1 saturated heterocycles. The molecule has 1 aliphatic heterocycles. The number of nitrogens with zero attached hydrogens (tertiary/aromatic N) is 4. The highest BCUT2D eigenvalue weighted by molar-refractivity contribution is 6.22. The number of fused-ring (bicyclic) bond motifs is 8. The van der Waals surface area contributed by atoms with Crippen molar-refractivity contribution >= 4 is 39.3 Å². The van der Waals surface area contributed by atoms with E-state index in [1.165, 1.54) is 4.90 Å². The molecule has 4 atom stereocenters. The summed E-state index contributed by atoms with van der Waals surface area (Å²) in [6.45, 7) is 0. The van der Waals surface area contributed by atoms with Crippen LogP contribution in [-0.2, 0) is 9.59 Å². The highest BCUT2D eigenvalue weighted by Gasteiger charge is 2.59. The van der Waals surface area contributed by atoms with Gasteiger partial charge in [0.1, 0.15) is 5.52 Å². The van der Waals surface area contributed by atoms with Gasteiger partial charge in [-0.1, -0.05) is 30.4 Å². The summed E-state index contributed by atoms with van der Waals surface area (Å²) < 4.78 is 0. The molecule has 2 fully saturated rings. The lowest BCUT2D eigenvalue weighted by atomic mass is 9.85. The highest BCUT2D eigenvalue weighted by Crippen LogP contribution is 2.53. The summed E-state index contributed by atoms with van der Waals surface area (Å²) in [7, 11) is 0. The van der Waals surface area contributed by atoms with Crippen LogP contribution in [0, 0.1) is 23.7 Å². The number of pyridine rings is 1. The second-order valence-corrected chi connectivity index (χ2v) is 8.83. The standard InChI is InChI=1S/C26H18N4O2/c31-25-20-16-4-5-17(12-16)21(20)26(32)30(25)19-9-7-15(8-10-19)24-28-13-18-6-3-14-2-1-11-27-22(14)23(18)29-24/h1-11,13,16-17,20-21H,12H2/t16-,17-,20-,21+/m1/s1. The fraction of sp³-hybridized carbons (Fsp3) is 0.192.